The molecule has 2 rings (SSSR count). The number of nitrogens with one attached hydrogen (secondary N) is 2. The second-order valence-electron chi connectivity index (χ2n) is 6.27. The van der Waals surface area contributed by atoms with Gasteiger partial charge in [-0.1, -0.05) is 54.6 Å². The van der Waals surface area contributed by atoms with Crippen molar-refractivity contribution in [3.05, 3.63) is 71.3 Å². The molecule has 0 saturated heterocycles. The summed E-state index contributed by atoms with van der Waals surface area (Å²) >= 11 is 0. The molecule has 0 aliphatic carbocycles. The van der Waals surface area contributed by atoms with Gasteiger partial charge in [0.1, 0.15) is 0 Å². The van der Waals surface area contributed by atoms with Crippen molar-refractivity contribution in [2.24, 2.45) is 0 Å². The van der Waals surface area contributed by atoms with Crippen molar-refractivity contribution in [1.82, 2.24) is 15.5 Å². The minimum absolute atomic E-state index is 0.00954. The van der Waals surface area contributed by atoms with Crippen molar-refractivity contribution >= 4 is 11.8 Å². The van der Waals surface area contributed by atoms with Crippen molar-refractivity contribution in [2.45, 2.75) is 19.5 Å². The van der Waals surface area contributed by atoms with E-state index in [1.54, 1.807) is 0 Å². The lowest BCUT2D eigenvalue weighted by Crippen LogP contribution is -2.37. The molecule has 0 aromatic heterocycles. The second-order valence-corrected chi connectivity index (χ2v) is 6.27. The monoisotopic (exact) mass is 339 g/mol. The summed E-state index contributed by atoms with van der Waals surface area (Å²) in [6.07, 6.45) is 0.279. The summed E-state index contributed by atoms with van der Waals surface area (Å²) in [5, 5.41) is 5.46. The van der Waals surface area contributed by atoms with Gasteiger partial charge in [0.05, 0.1) is 13.0 Å². The van der Waals surface area contributed by atoms with Gasteiger partial charge in [-0.2, -0.15) is 0 Å². The fourth-order valence-electron chi connectivity index (χ4n) is 2.41. The van der Waals surface area contributed by atoms with Gasteiger partial charge in [-0.15, -0.1) is 0 Å². The maximum absolute atomic E-state index is 11.9. The van der Waals surface area contributed by atoms with Gasteiger partial charge in [-0.3, -0.25) is 9.59 Å². The van der Waals surface area contributed by atoms with Gasteiger partial charge in [0, 0.05) is 13.1 Å². The van der Waals surface area contributed by atoms with E-state index in [0.29, 0.717) is 6.54 Å². The van der Waals surface area contributed by atoms with Crippen LogP contribution in [0.5, 0.6) is 0 Å². The summed E-state index contributed by atoms with van der Waals surface area (Å²) in [6, 6.07) is 17.6. The maximum Gasteiger partial charge on any atom is 0.239 e. The minimum atomic E-state index is -0.196. The van der Waals surface area contributed by atoms with Gasteiger partial charge >= 0.3 is 0 Å². The van der Waals surface area contributed by atoms with Crippen LogP contribution < -0.4 is 10.6 Å². The third-order valence-corrected chi connectivity index (χ3v) is 3.67. The average molecular weight is 339 g/mol. The molecule has 25 heavy (non-hydrogen) atoms. The van der Waals surface area contributed by atoms with E-state index in [0.717, 1.165) is 17.7 Å². The number of carbonyl (C=O) groups is 2. The molecule has 132 valence electrons. The lowest BCUT2D eigenvalue weighted by molar-refractivity contribution is -0.125. The van der Waals surface area contributed by atoms with Gasteiger partial charge in [0.15, 0.2) is 0 Å². The fraction of sp³-hybridized carbons (Fsp3) is 0.300. The third-order valence-electron chi connectivity index (χ3n) is 3.67. The van der Waals surface area contributed by atoms with E-state index >= 15 is 0 Å². The van der Waals surface area contributed by atoms with Crippen LogP contribution in [0.25, 0.3) is 0 Å². The van der Waals surface area contributed by atoms with Crippen LogP contribution in [0.3, 0.4) is 0 Å². The van der Waals surface area contributed by atoms with Gasteiger partial charge in [0.25, 0.3) is 0 Å². The van der Waals surface area contributed by atoms with Crippen LogP contribution in [0.15, 0.2) is 54.6 Å². The average Bonchev–Trinajstić information content (AvgIpc) is 2.60. The number of carbonyl (C=O) groups excluding carboxylic acids is 2. The summed E-state index contributed by atoms with van der Waals surface area (Å²) in [5.74, 6) is -0.354. The largest absolute Gasteiger partial charge is 0.350 e. The Kier molecular flexibility index (Phi) is 7.16. The number of hydrogen-bond acceptors (Lipinski definition) is 3. The highest BCUT2D eigenvalue weighted by molar-refractivity contribution is 5.85. The number of amides is 2. The standard InChI is InChI=1S/C20H25N3O2/c1-23(2)15-18-10-8-17(9-11-18)13-21-20(25)14-22-19(24)12-16-6-4-3-5-7-16/h3-11H,12-15H2,1-2H3,(H,21,25)(H,22,24). The lowest BCUT2D eigenvalue weighted by Gasteiger charge is -2.11. The molecule has 0 saturated carbocycles. The summed E-state index contributed by atoms with van der Waals surface area (Å²) in [4.78, 5) is 25.8. The molecule has 0 atom stereocenters. The summed E-state index contributed by atoms with van der Waals surface area (Å²) in [6.45, 7) is 1.33. The van der Waals surface area contributed by atoms with Gasteiger partial charge < -0.3 is 15.5 Å². The zero-order valence-corrected chi connectivity index (χ0v) is 14.8. The summed E-state index contributed by atoms with van der Waals surface area (Å²) in [7, 11) is 4.06. The Morgan fingerprint density at radius 3 is 2.08 bits per heavy atom. The van der Waals surface area contributed by atoms with E-state index in [4.69, 9.17) is 0 Å². The van der Waals surface area contributed by atoms with Crippen LogP contribution in [0.1, 0.15) is 16.7 Å². The van der Waals surface area contributed by atoms with Crippen LogP contribution in [0.2, 0.25) is 0 Å². The predicted octanol–water partition coefficient (Wildman–Crippen LogP) is 1.72. The first kappa shape index (κ1) is 18.7. The molecule has 2 N–H and O–H groups in total. The fourth-order valence-corrected chi connectivity index (χ4v) is 2.41. The molecule has 5 nitrogen and oxygen atoms in total. The van der Waals surface area contributed by atoms with E-state index in [9.17, 15) is 9.59 Å². The van der Waals surface area contributed by atoms with Crippen LogP contribution in [0.4, 0.5) is 0 Å². The second kappa shape index (κ2) is 9.59. The Morgan fingerprint density at radius 1 is 0.800 bits per heavy atom. The van der Waals surface area contributed by atoms with E-state index in [1.165, 1.54) is 5.56 Å². The first-order valence-electron chi connectivity index (χ1n) is 8.33. The SMILES string of the molecule is CN(C)Cc1ccc(CNC(=O)CNC(=O)Cc2ccccc2)cc1. The van der Waals surface area contributed by atoms with Crippen molar-refractivity contribution in [1.29, 1.82) is 0 Å². The molecule has 0 aliphatic heterocycles. The van der Waals surface area contributed by atoms with Crippen LogP contribution in [-0.4, -0.2) is 37.4 Å². The zero-order valence-electron chi connectivity index (χ0n) is 14.8. The smallest absolute Gasteiger partial charge is 0.239 e. The van der Waals surface area contributed by atoms with E-state index < -0.39 is 0 Å². The van der Waals surface area contributed by atoms with Gasteiger partial charge in [0.2, 0.25) is 11.8 Å². The Labute approximate surface area is 149 Å². The number of benzene rings is 2. The molecule has 0 heterocycles. The molecular formula is C20H25N3O2. The summed E-state index contributed by atoms with van der Waals surface area (Å²) in [5.41, 5.74) is 3.19. The van der Waals surface area contributed by atoms with Crippen molar-refractivity contribution in [3.63, 3.8) is 0 Å². The minimum Gasteiger partial charge on any atom is -0.350 e. The normalized spacial score (nSPS) is 10.5. The molecular weight excluding hydrogens is 314 g/mol. The molecule has 0 bridgehead atoms. The highest BCUT2D eigenvalue weighted by Crippen LogP contribution is 2.06. The van der Waals surface area contributed by atoms with E-state index in [2.05, 4.69) is 27.7 Å². The number of hydrogen-bond donors (Lipinski definition) is 2. The van der Waals surface area contributed by atoms with Crippen LogP contribution in [-0.2, 0) is 29.1 Å². The third kappa shape index (κ3) is 7.18. The highest BCUT2D eigenvalue weighted by Gasteiger charge is 2.06. The van der Waals surface area contributed by atoms with Gasteiger partial charge in [-0.05, 0) is 30.8 Å². The molecule has 0 unspecified atom stereocenters. The molecule has 2 amide bonds. The number of nitrogens with zero attached hydrogens (tertiary/aromatic N) is 1. The van der Waals surface area contributed by atoms with E-state index in [-0.39, 0.29) is 24.8 Å². The molecule has 0 spiro atoms. The molecule has 0 aliphatic rings. The molecule has 5 heteroatoms. The Balaban J connectivity index is 1.69. The molecule has 2 aromatic carbocycles. The molecule has 0 fully saturated rings. The van der Waals surface area contributed by atoms with Crippen molar-refractivity contribution in [2.75, 3.05) is 20.6 Å². The molecule has 2 aromatic rings. The number of rotatable bonds is 8. The van der Waals surface area contributed by atoms with E-state index in [1.807, 2.05) is 56.6 Å². The zero-order chi connectivity index (χ0) is 18.1. The van der Waals surface area contributed by atoms with Gasteiger partial charge in [-0.25, -0.2) is 0 Å². The maximum atomic E-state index is 11.9. The topological polar surface area (TPSA) is 61.4 Å². The van der Waals surface area contributed by atoms with Crippen LogP contribution in [0, 0.1) is 0 Å². The Hall–Kier alpha value is -2.66. The quantitative estimate of drug-likeness (QED) is 0.770. The first-order chi connectivity index (χ1) is 12.0. The molecule has 0 radical (unpaired) electrons. The van der Waals surface area contributed by atoms with Crippen LogP contribution >= 0.6 is 0 Å². The lowest BCUT2D eigenvalue weighted by atomic mass is 10.1. The first-order valence-corrected chi connectivity index (χ1v) is 8.33. The van der Waals surface area contributed by atoms with Crippen molar-refractivity contribution < 1.29 is 9.59 Å². The summed E-state index contributed by atoms with van der Waals surface area (Å²) < 4.78 is 0. The van der Waals surface area contributed by atoms with Crippen molar-refractivity contribution in [3.8, 4) is 0 Å². The Bertz CT molecular complexity index is 682. The predicted molar refractivity (Wildman–Crippen MR) is 98.8 cm³/mol. The Morgan fingerprint density at radius 2 is 1.44 bits per heavy atom. The highest BCUT2D eigenvalue weighted by atomic mass is 16.2.